The van der Waals surface area contributed by atoms with Gasteiger partial charge in [-0.1, -0.05) is 6.07 Å². The van der Waals surface area contributed by atoms with Crippen LogP contribution in [0.4, 0.5) is 18.9 Å². The van der Waals surface area contributed by atoms with Gasteiger partial charge in [-0.3, -0.25) is 0 Å². The van der Waals surface area contributed by atoms with E-state index in [1.807, 2.05) is 11.9 Å². The Balaban J connectivity index is 0.00000288. The first kappa shape index (κ1) is 20.0. The first-order valence-corrected chi connectivity index (χ1v) is 7.05. The van der Waals surface area contributed by atoms with E-state index in [9.17, 15) is 13.2 Å². The van der Waals surface area contributed by atoms with Crippen LogP contribution in [0.2, 0.25) is 0 Å². The van der Waals surface area contributed by atoms with E-state index in [-0.39, 0.29) is 30.0 Å². The Hall–Kier alpha value is -2.00. The molecule has 0 amide bonds. The standard InChI is InChI=1S/C14H19F3N6.ClH/c1-22-5-7-23(8-6-22)13(19)21-12(18)20-11-4-2-3-10(9-11)14(15,16)17;/h2-4,9H,5-8H2,1H3,(H4,18,19,20,21);1H. The number of piperazine rings is 1. The van der Waals surface area contributed by atoms with Crippen molar-refractivity contribution < 1.29 is 13.2 Å². The molecule has 0 spiro atoms. The molecule has 6 nitrogen and oxygen atoms in total. The number of rotatable bonds is 1. The average Bonchev–Trinajstić information content (AvgIpc) is 2.47. The number of halogens is 4. The van der Waals surface area contributed by atoms with Gasteiger partial charge in [0, 0.05) is 26.2 Å². The minimum atomic E-state index is -4.43. The Labute approximate surface area is 144 Å². The Morgan fingerprint density at radius 1 is 1.12 bits per heavy atom. The van der Waals surface area contributed by atoms with Crippen molar-refractivity contribution >= 4 is 30.0 Å². The van der Waals surface area contributed by atoms with Crippen molar-refractivity contribution in [1.82, 2.24) is 9.80 Å². The van der Waals surface area contributed by atoms with Crippen molar-refractivity contribution in [3.63, 3.8) is 0 Å². The third kappa shape index (κ3) is 5.57. The molecule has 4 N–H and O–H groups in total. The molecular weight excluding hydrogens is 345 g/mol. The minimum Gasteiger partial charge on any atom is -0.369 e. The summed E-state index contributed by atoms with van der Waals surface area (Å²) in [7, 11) is 2.01. The zero-order valence-electron chi connectivity index (χ0n) is 13.1. The van der Waals surface area contributed by atoms with E-state index in [0.717, 1.165) is 25.2 Å². The van der Waals surface area contributed by atoms with E-state index in [1.165, 1.54) is 12.1 Å². The van der Waals surface area contributed by atoms with Crippen LogP contribution >= 0.6 is 12.4 Å². The fourth-order valence-corrected chi connectivity index (χ4v) is 2.13. The van der Waals surface area contributed by atoms with Crippen molar-refractivity contribution in [3.8, 4) is 0 Å². The Morgan fingerprint density at radius 2 is 1.75 bits per heavy atom. The number of guanidine groups is 2. The normalized spacial score (nSPS) is 17.6. The van der Waals surface area contributed by atoms with Crippen molar-refractivity contribution in [2.45, 2.75) is 6.18 Å². The summed E-state index contributed by atoms with van der Waals surface area (Å²) < 4.78 is 38.0. The lowest BCUT2D eigenvalue weighted by atomic mass is 10.2. The van der Waals surface area contributed by atoms with Crippen molar-refractivity contribution in [2.24, 2.45) is 21.5 Å². The van der Waals surface area contributed by atoms with Crippen molar-refractivity contribution in [3.05, 3.63) is 29.8 Å². The van der Waals surface area contributed by atoms with Gasteiger partial charge in [0.2, 0.25) is 5.96 Å². The minimum absolute atomic E-state index is 0. The molecule has 0 atom stereocenters. The summed E-state index contributed by atoms with van der Waals surface area (Å²) >= 11 is 0. The molecule has 0 bridgehead atoms. The molecule has 1 aromatic carbocycles. The second kappa shape index (κ2) is 8.20. The van der Waals surface area contributed by atoms with Crippen LogP contribution in [0.3, 0.4) is 0 Å². The molecule has 2 rings (SSSR count). The fourth-order valence-electron chi connectivity index (χ4n) is 2.13. The molecule has 0 radical (unpaired) electrons. The number of nitrogens with two attached hydrogens (primary N) is 2. The highest BCUT2D eigenvalue weighted by molar-refractivity contribution is 5.94. The van der Waals surface area contributed by atoms with Crippen LogP contribution in [0, 0.1) is 0 Å². The van der Waals surface area contributed by atoms with Crippen molar-refractivity contribution in [2.75, 3.05) is 33.2 Å². The van der Waals surface area contributed by atoms with E-state index in [0.29, 0.717) is 13.1 Å². The van der Waals surface area contributed by atoms with E-state index < -0.39 is 11.7 Å². The lowest BCUT2D eigenvalue weighted by molar-refractivity contribution is -0.137. The molecule has 1 saturated heterocycles. The summed E-state index contributed by atoms with van der Waals surface area (Å²) in [6.45, 7) is 3.12. The zero-order chi connectivity index (χ0) is 17.0. The highest BCUT2D eigenvalue weighted by atomic mass is 35.5. The smallest absolute Gasteiger partial charge is 0.369 e. The molecule has 1 aromatic rings. The number of hydrogen-bond acceptors (Lipinski definition) is 2. The zero-order valence-corrected chi connectivity index (χ0v) is 13.9. The molecule has 24 heavy (non-hydrogen) atoms. The van der Waals surface area contributed by atoms with Gasteiger partial charge in [0.15, 0.2) is 5.96 Å². The molecule has 134 valence electrons. The van der Waals surface area contributed by atoms with E-state index >= 15 is 0 Å². The number of nitrogens with zero attached hydrogens (tertiary/aromatic N) is 4. The summed E-state index contributed by atoms with van der Waals surface area (Å²) in [5.74, 6) is 0.0343. The van der Waals surface area contributed by atoms with Crippen LogP contribution in [0.15, 0.2) is 34.3 Å². The molecule has 0 aromatic heterocycles. The van der Waals surface area contributed by atoms with Gasteiger partial charge in [-0.25, -0.2) is 4.99 Å². The number of hydrogen-bond donors (Lipinski definition) is 2. The largest absolute Gasteiger partial charge is 0.416 e. The molecule has 1 aliphatic rings. The fraction of sp³-hybridized carbons (Fsp3) is 0.429. The predicted molar refractivity (Wildman–Crippen MR) is 90.7 cm³/mol. The lowest BCUT2D eigenvalue weighted by Gasteiger charge is -2.32. The van der Waals surface area contributed by atoms with E-state index in [1.54, 1.807) is 0 Å². The summed E-state index contributed by atoms with van der Waals surface area (Å²) in [4.78, 5) is 11.8. The van der Waals surface area contributed by atoms with Crippen LogP contribution in [0.25, 0.3) is 0 Å². The number of likely N-dealkylation sites (N-methyl/N-ethyl adjacent to an activating group) is 1. The molecule has 1 aliphatic heterocycles. The van der Waals surface area contributed by atoms with Gasteiger partial charge in [0.05, 0.1) is 11.3 Å². The third-order valence-corrected chi connectivity index (χ3v) is 3.47. The Kier molecular flexibility index (Phi) is 6.85. The van der Waals surface area contributed by atoms with Gasteiger partial charge in [-0.05, 0) is 25.2 Å². The van der Waals surface area contributed by atoms with Crippen LogP contribution in [0.1, 0.15) is 5.56 Å². The Bertz CT molecular complexity index is 609. The summed E-state index contributed by atoms with van der Waals surface area (Å²) in [6, 6.07) is 4.57. The van der Waals surface area contributed by atoms with Crippen LogP contribution in [0.5, 0.6) is 0 Å². The van der Waals surface area contributed by atoms with Gasteiger partial charge >= 0.3 is 6.18 Å². The molecule has 0 unspecified atom stereocenters. The van der Waals surface area contributed by atoms with Gasteiger partial charge in [0.25, 0.3) is 0 Å². The maximum absolute atomic E-state index is 12.7. The quantitative estimate of drug-likeness (QED) is 0.586. The predicted octanol–water partition coefficient (Wildman–Crippen LogP) is 1.64. The van der Waals surface area contributed by atoms with Gasteiger partial charge < -0.3 is 21.3 Å². The van der Waals surface area contributed by atoms with Gasteiger partial charge in [0.1, 0.15) is 0 Å². The highest BCUT2D eigenvalue weighted by Crippen LogP contribution is 2.31. The summed E-state index contributed by atoms with van der Waals surface area (Å²) in [5.41, 5.74) is 10.8. The summed E-state index contributed by atoms with van der Waals surface area (Å²) in [5, 5.41) is 0. The maximum atomic E-state index is 12.7. The molecule has 1 heterocycles. The number of benzene rings is 1. The molecule has 10 heteroatoms. The second-order valence-corrected chi connectivity index (χ2v) is 5.28. The van der Waals surface area contributed by atoms with E-state index in [4.69, 9.17) is 11.5 Å². The lowest BCUT2D eigenvalue weighted by Crippen LogP contribution is -2.50. The maximum Gasteiger partial charge on any atom is 0.416 e. The number of alkyl halides is 3. The van der Waals surface area contributed by atoms with E-state index in [2.05, 4.69) is 14.9 Å². The first-order chi connectivity index (χ1) is 10.8. The number of aliphatic imine (C=N–C) groups is 2. The Morgan fingerprint density at radius 3 is 2.33 bits per heavy atom. The highest BCUT2D eigenvalue weighted by Gasteiger charge is 2.30. The van der Waals surface area contributed by atoms with Crippen molar-refractivity contribution in [1.29, 1.82) is 0 Å². The molecule has 0 aliphatic carbocycles. The molecule has 0 saturated carbocycles. The second-order valence-electron chi connectivity index (χ2n) is 5.28. The monoisotopic (exact) mass is 364 g/mol. The molecular formula is C14H20ClF3N6. The van der Waals surface area contributed by atoms with Crippen LogP contribution in [-0.2, 0) is 6.18 Å². The third-order valence-electron chi connectivity index (χ3n) is 3.47. The summed E-state index contributed by atoms with van der Waals surface area (Å²) in [6.07, 6.45) is -4.43. The van der Waals surface area contributed by atoms with Gasteiger partial charge in [-0.15, -0.1) is 12.4 Å². The van der Waals surface area contributed by atoms with Crippen LogP contribution < -0.4 is 11.5 Å². The topological polar surface area (TPSA) is 83.2 Å². The SMILES string of the molecule is CN1CCN(C(N)=NC(N)=Nc2cccc(C(F)(F)F)c2)CC1.Cl. The molecule has 1 fully saturated rings. The van der Waals surface area contributed by atoms with Crippen LogP contribution in [-0.4, -0.2) is 54.9 Å². The first-order valence-electron chi connectivity index (χ1n) is 7.05. The van der Waals surface area contributed by atoms with Gasteiger partial charge in [-0.2, -0.15) is 18.2 Å². The average molecular weight is 365 g/mol.